The maximum absolute atomic E-state index is 11.7. The number of nitrogens with one attached hydrogen (secondary N) is 1. The molecule has 2 amide bonds. The standard InChI is InChI=1S/C11H15BrN2O2S/c1-7-6-8(17-10(7)12)11(16)13-5-4-9(15)14(2)3/h6H,4-5H2,1-3H3,(H,13,16). The third kappa shape index (κ3) is 4.12. The van der Waals surface area contributed by atoms with Crippen molar-refractivity contribution in [2.45, 2.75) is 13.3 Å². The molecule has 0 fully saturated rings. The van der Waals surface area contributed by atoms with Crippen molar-refractivity contribution in [3.05, 3.63) is 20.3 Å². The van der Waals surface area contributed by atoms with E-state index in [1.807, 2.05) is 13.0 Å². The van der Waals surface area contributed by atoms with Crippen molar-refractivity contribution < 1.29 is 9.59 Å². The Hall–Kier alpha value is -0.880. The zero-order valence-electron chi connectivity index (χ0n) is 10.0. The highest BCUT2D eigenvalue weighted by Crippen LogP contribution is 2.27. The number of amides is 2. The summed E-state index contributed by atoms with van der Waals surface area (Å²) in [6, 6.07) is 1.83. The summed E-state index contributed by atoms with van der Waals surface area (Å²) in [4.78, 5) is 25.2. The first-order valence-corrected chi connectivity index (χ1v) is 6.77. The van der Waals surface area contributed by atoms with Crippen LogP contribution in [0.3, 0.4) is 0 Å². The second-order valence-electron chi connectivity index (χ2n) is 3.86. The van der Waals surface area contributed by atoms with Crippen molar-refractivity contribution in [3.63, 3.8) is 0 Å². The van der Waals surface area contributed by atoms with Gasteiger partial charge in [0.25, 0.3) is 5.91 Å². The van der Waals surface area contributed by atoms with E-state index < -0.39 is 0 Å². The predicted molar refractivity (Wildman–Crippen MR) is 72.4 cm³/mol. The van der Waals surface area contributed by atoms with Gasteiger partial charge in [-0.2, -0.15) is 0 Å². The molecule has 0 bridgehead atoms. The predicted octanol–water partition coefficient (Wildman–Crippen LogP) is 2.03. The molecule has 94 valence electrons. The fourth-order valence-corrected chi connectivity index (χ4v) is 2.62. The maximum Gasteiger partial charge on any atom is 0.261 e. The average molecular weight is 319 g/mol. The molecule has 1 N–H and O–H groups in total. The van der Waals surface area contributed by atoms with Gasteiger partial charge in [-0.15, -0.1) is 11.3 Å². The van der Waals surface area contributed by atoms with Gasteiger partial charge in [-0.25, -0.2) is 0 Å². The van der Waals surface area contributed by atoms with Gasteiger partial charge in [0.1, 0.15) is 0 Å². The van der Waals surface area contributed by atoms with Crippen LogP contribution in [-0.4, -0.2) is 37.4 Å². The lowest BCUT2D eigenvalue weighted by Gasteiger charge is -2.09. The number of nitrogens with zero attached hydrogens (tertiary/aromatic N) is 1. The molecule has 1 aromatic rings. The number of rotatable bonds is 4. The smallest absolute Gasteiger partial charge is 0.261 e. The lowest BCUT2D eigenvalue weighted by Crippen LogP contribution is -2.29. The Labute approximate surface area is 113 Å². The number of thiophene rings is 1. The van der Waals surface area contributed by atoms with Gasteiger partial charge in [0.05, 0.1) is 8.66 Å². The van der Waals surface area contributed by atoms with Crippen molar-refractivity contribution in [2.75, 3.05) is 20.6 Å². The van der Waals surface area contributed by atoms with Crippen LogP contribution in [0, 0.1) is 6.92 Å². The molecule has 1 aromatic heterocycles. The van der Waals surface area contributed by atoms with Crippen LogP contribution in [0.2, 0.25) is 0 Å². The first-order valence-electron chi connectivity index (χ1n) is 5.16. The summed E-state index contributed by atoms with van der Waals surface area (Å²) < 4.78 is 0.965. The average Bonchev–Trinajstić information content (AvgIpc) is 2.59. The van der Waals surface area contributed by atoms with Crippen molar-refractivity contribution in [1.29, 1.82) is 0 Å². The summed E-state index contributed by atoms with van der Waals surface area (Å²) in [6.45, 7) is 2.30. The van der Waals surface area contributed by atoms with Gasteiger partial charge in [0.2, 0.25) is 5.91 Å². The molecule has 0 spiro atoms. The highest BCUT2D eigenvalue weighted by Gasteiger charge is 2.11. The Morgan fingerprint density at radius 2 is 2.12 bits per heavy atom. The Morgan fingerprint density at radius 1 is 1.47 bits per heavy atom. The van der Waals surface area contributed by atoms with E-state index in [1.165, 1.54) is 16.2 Å². The van der Waals surface area contributed by atoms with E-state index in [0.717, 1.165) is 9.35 Å². The Balaban J connectivity index is 2.43. The highest BCUT2D eigenvalue weighted by atomic mass is 79.9. The monoisotopic (exact) mass is 318 g/mol. The minimum absolute atomic E-state index is 0.00819. The summed E-state index contributed by atoms with van der Waals surface area (Å²) in [5.41, 5.74) is 1.05. The number of hydrogen-bond donors (Lipinski definition) is 1. The van der Waals surface area contributed by atoms with E-state index in [9.17, 15) is 9.59 Å². The summed E-state index contributed by atoms with van der Waals surface area (Å²) in [5, 5.41) is 2.73. The molecule has 0 saturated heterocycles. The van der Waals surface area contributed by atoms with Crippen LogP contribution in [0.25, 0.3) is 0 Å². The SMILES string of the molecule is Cc1cc(C(=O)NCCC(=O)N(C)C)sc1Br. The van der Waals surface area contributed by atoms with Gasteiger partial charge >= 0.3 is 0 Å². The maximum atomic E-state index is 11.7. The Kier molecular flexibility index (Phi) is 5.14. The van der Waals surface area contributed by atoms with Gasteiger partial charge in [0, 0.05) is 27.1 Å². The van der Waals surface area contributed by atoms with E-state index in [-0.39, 0.29) is 11.8 Å². The molecule has 17 heavy (non-hydrogen) atoms. The van der Waals surface area contributed by atoms with Gasteiger partial charge in [0.15, 0.2) is 0 Å². The van der Waals surface area contributed by atoms with Crippen molar-refractivity contribution >= 4 is 39.1 Å². The van der Waals surface area contributed by atoms with E-state index in [2.05, 4.69) is 21.2 Å². The number of carbonyl (C=O) groups excluding carboxylic acids is 2. The second-order valence-corrected chi connectivity index (χ2v) is 6.23. The molecule has 0 radical (unpaired) electrons. The van der Waals surface area contributed by atoms with Gasteiger partial charge in [-0.1, -0.05) is 0 Å². The van der Waals surface area contributed by atoms with Crippen LogP contribution in [0.15, 0.2) is 9.85 Å². The zero-order valence-corrected chi connectivity index (χ0v) is 12.4. The highest BCUT2D eigenvalue weighted by molar-refractivity contribution is 9.11. The molecule has 0 aliphatic carbocycles. The van der Waals surface area contributed by atoms with Crippen molar-refractivity contribution in [2.24, 2.45) is 0 Å². The molecule has 0 aliphatic heterocycles. The fourth-order valence-electron chi connectivity index (χ4n) is 1.17. The summed E-state index contributed by atoms with van der Waals surface area (Å²) in [6.07, 6.45) is 0.324. The molecule has 1 rings (SSSR count). The van der Waals surface area contributed by atoms with E-state index in [4.69, 9.17) is 0 Å². The van der Waals surface area contributed by atoms with Crippen molar-refractivity contribution in [1.82, 2.24) is 10.2 Å². The summed E-state index contributed by atoms with van der Waals surface area (Å²) in [7, 11) is 3.40. The number of halogens is 1. The van der Waals surface area contributed by atoms with Crippen LogP contribution in [0.4, 0.5) is 0 Å². The summed E-state index contributed by atoms with van der Waals surface area (Å²) in [5.74, 6) is -0.121. The topological polar surface area (TPSA) is 49.4 Å². The Morgan fingerprint density at radius 3 is 2.59 bits per heavy atom. The lowest BCUT2D eigenvalue weighted by molar-refractivity contribution is -0.128. The first-order chi connectivity index (χ1) is 7.91. The quantitative estimate of drug-likeness (QED) is 0.923. The molecule has 0 saturated carbocycles. The van der Waals surface area contributed by atoms with Crippen LogP contribution >= 0.6 is 27.3 Å². The summed E-state index contributed by atoms with van der Waals surface area (Å²) >= 11 is 4.77. The zero-order chi connectivity index (χ0) is 13.0. The third-order valence-corrected chi connectivity index (χ3v) is 4.34. The van der Waals surface area contributed by atoms with E-state index in [0.29, 0.717) is 17.8 Å². The number of aryl methyl sites for hydroxylation is 1. The first kappa shape index (κ1) is 14.2. The molecule has 0 unspecified atom stereocenters. The second kappa shape index (κ2) is 6.16. The third-order valence-electron chi connectivity index (χ3n) is 2.20. The largest absolute Gasteiger partial charge is 0.351 e. The molecule has 4 nitrogen and oxygen atoms in total. The van der Waals surface area contributed by atoms with Crippen molar-refractivity contribution in [3.8, 4) is 0 Å². The molecule has 1 heterocycles. The molecular formula is C11H15BrN2O2S. The molecule has 0 aromatic carbocycles. The van der Waals surface area contributed by atoms with Gasteiger partial charge in [-0.05, 0) is 34.5 Å². The van der Waals surface area contributed by atoms with Gasteiger partial charge in [-0.3, -0.25) is 9.59 Å². The Bertz CT molecular complexity index is 410. The number of carbonyl (C=O) groups is 2. The minimum Gasteiger partial charge on any atom is -0.351 e. The van der Waals surface area contributed by atoms with Crippen LogP contribution < -0.4 is 5.32 Å². The molecule has 0 atom stereocenters. The number of hydrogen-bond acceptors (Lipinski definition) is 3. The van der Waals surface area contributed by atoms with Crippen LogP contribution in [-0.2, 0) is 4.79 Å². The normalized spacial score (nSPS) is 10.1. The molecule has 6 heteroatoms. The van der Waals surface area contributed by atoms with Crippen LogP contribution in [0.5, 0.6) is 0 Å². The minimum atomic E-state index is -0.129. The lowest BCUT2D eigenvalue weighted by atomic mass is 10.3. The van der Waals surface area contributed by atoms with E-state index >= 15 is 0 Å². The molecular weight excluding hydrogens is 304 g/mol. The molecule has 0 aliphatic rings. The fraction of sp³-hybridized carbons (Fsp3) is 0.455. The van der Waals surface area contributed by atoms with Crippen LogP contribution in [0.1, 0.15) is 21.7 Å². The van der Waals surface area contributed by atoms with E-state index in [1.54, 1.807) is 14.1 Å². The van der Waals surface area contributed by atoms with Gasteiger partial charge < -0.3 is 10.2 Å².